The molecule has 0 bridgehead atoms. The molecule has 30 heavy (non-hydrogen) atoms. The molecule has 6 heteroatoms. The first-order valence-electron chi connectivity index (χ1n) is 9.11. The molecule has 1 N–H and O–H groups in total. The largest absolute Gasteiger partial charge is 0.488 e. The van der Waals surface area contributed by atoms with Gasteiger partial charge in [0.05, 0.1) is 4.47 Å². The number of nitrogens with zero attached hydrogens (tertiary/aromatic N) is 1. The smallest absolute Gasteiger partial charge is 0.266 e. The maximum Gasteiger partial charge on any atom is 0.266 e. The Morgan fingerprint density at radius 3 is 2.60 bits per heavy atom. The molecule has 0 aromatic heterocycles. The molecule has 1 amide bonds. The van der Waals surface area contributed by atoms with Gasteiger partial charge in [0.2, 0.25) is 0 Å². The Kier molecular flexibility index (Phi) is 7.29. The Hall–Kier alpha value is -3.07. The van der Waals surface area contributed by atoms with E-state index in [1.807, 2.05) is 55.5 Å². The molecule has 0 atom stereocenters. The van der Waals surface area contributed by atoms with E-state index >= 15 is 0 Å². The zero-order valence-corrected chi connectivity index (χ0v) is 18.5. The number of carbonyl (C=O) groups excluding carboxylic acids is 1. The highest BCUT2D eigenvalue weighted by Crippen LogP contribution is 2.28. The monoisotopic (exact) mass is 480 g/mol. The molecule has 0 aliphatic heterocycles. The second kappa shape index (κ2) is 10.1. The van der Waals surface area contributed by atoms with E-state index in [1.165, 1.54) is 0 Å². The number of halogens is 2. The third kappa shape index (κ3) is 5.96. The zero-order chi connectivity index (χ0) is 21.5. The van der Waals surface area contributed by atoms with Crippen molar-refractivity contribution in [3.63, 3.8) is 0 Å². The lowest BCUT2D eigenvalue weighted by molar-refractivity contribution is -0.112. The van der Waals surface area contributed by atoms with Crippen molar-refractivity contribution in [1.29, 1.82) is 5.26 Å². The second-order valence-electron chi connectivity index (χ2n) is 6.60. The van der Waals surface area contributed by atoms with E-state index < -0.39 is 5.91 Å². The number of nitrogens with one attached hydrogen (secondary N) is 1. The van der Waals surface area contributed by atoms with Crippen LogP contribution in [-0.4, -0.2) is 5.91 Å². The van der Waals surface area contributed by atoms with Crippen molar-refractivity contribution in [1.82, 2.24) is 0 Å². The fourth-order valence-corrected chi connectivity index (χ4v) is 3.34. The molecule has 0 aliphatic rings. The summed E-state index contributed by atoms with van der Waals surface area (Å²) < 4.78 is 6.56. The predicted octanol–water partition coefficient (Wildman–Crippen LogP) is 6.54. The third-order valence-corrected chi connectivity index (χ3v) is 5.09. The summed E-state index contributed by atoms with van der Waals surface area (Å²) in [7, 11) is 0. The van der Waals surface area contributed by atoms with Crippen molar-refractivity contribution >= 4 is 45.2 Å². The van der Waals surface area contributed by atoms with Crippen molar-refractivity contribution in [2.45, 2.75) is 13.5 Å². The minimum atomic E-state index is -0.456. The van der Waals surface area contributed by atoms with Crippen LogP contribution < -0.4 is 10.1 Å². The van der Waals surface area contributed by atoms with Crippen LogP contribution in [0.15, 0.2) is 76.8 Å². The Balaban J connectivity index is 1.70. The molecule has 0 spiro atoms. The standard InChI is InChI=1S/C24H18BrClN2O2/c1-16-3-2-4-21(11-16)28-24(29)19(14-27)12-18-7-10-23(22(25)13-18)30-15-17-5-8-20(26)9-6-17/h2-13H,15H2,1H3,(H,28,29)/b19-12-. The molecule has 3 rings (SSSR count). The molecule has 3 aromatic carbocycles. The first kappa shape index (κ1) is 21.6. The molecule has 3 aromatic rings. The van der Waals surface area contributed by atoms with Crippen LogP contribution >= 0.6 is 27.5 Å². The molecular weight excluding hydrogens is 464 g/mol. The van der Waals surface area contributed by atoms with Gasteiger partial charge in [-0.25, -0.2) is 0 Å². The van der Waals surface area contributed by atoms with E-state index in [1.54, 1.807) is 30.3 Å². The van der Waals surface area contributed by atoms with Crippen molar-refractivity contribution in [3.05, 3.63) is 98.5 Å². The van der Waals surface area contributed by atoms with Crippen LogP contribution in [0.1, 0.15) is 16.7 Å². The summed E-state index contributed by atoms with van der Waals surface area (Å²) in [5, 5.41) is 12.8. The molecule has 0 radical (unpaired) electrons. The van der Waals surface area contributed by atoms with Crippen LogP contribution in [0, 0.1) is 18.3 Å². The van der Waals surface area contributed by atoms with E-state index in [0.29, 0.717) is 28.6 Å². The highest BCUT2D eigenvalue weighted by atomic mass is 79.9. The molecule has 0 aliphatic carbocycles. The van der Waals surface area contributed by atoms with Gasteiger partial charge in [0.15, 0.2) is 0 Å². The summed E-state index contributed by atoms with van der Waals surface area (Å²) in [4.78, 5) is 12.4. The maximum absolute atomic E-state index is 12.4. The Morgan fingerprint density at radius 2 is 1.93 bits per heavy atom. The van der Waals surface area contributed by atoms with E-state index in [-0.39, 0.29) is 5.57 Å². The molecule has 0 saturated carbocycles. The average molecular weight is 482 g/mol. The number of rotatable bonds is 6. The molecule has 0 heterocycles. The Bertz CT molecular complexity index is 1130. The van der Waals surface area contributed by atoms with E-state index in [2.05, 4.69) is 21.2 Å². The number of benzene rings is 3. The summed E-state index contributed by atoms with van der Waals surface area (Å²) in [6.45, 7) is 2.33. The number of ether oxygens (including phenoxy) is 1. The summed E-state index contributed by atoms with van der Waals surface area (Å²) in [6.07, 6.45) is 1.54. The normalized spacial score (nSPS) is 10.9. The van der Waals surface area contributed by atoms with Crippen molar-refractivity contribution in [2.24, 2.45) is 0 Å². The van der Waals surface area contributed by atoms with Gasteiger partial charge in [0.25, 0.3) is 5.91 Å². The van der Waals surface area contributed by atoms with Gasteiger partial charge in [-0.3, -0.25) is 4.79 Å². The van der Waals surface area contributed by atoms with Crippen LogP contribution in [0.2, 0.25) is 5.02 Å². The quantitative estimate of drug-likeness (QED) is 0.321. The lowest BCUT2D eigenvalue weighted by Crippen LogP contribution is -2.13. The van der Waals surface area contributed by atoms with Crippen molar-refractivity contribution < 1.29 is 9.53 Å². The van der Waals surface area contributed by atoms with Gasteiger partial charge in [-0.2, -0.15) is 5.26 Å². The third-order valence-electron chi connectivity index (χ3n) is 4.22. The zero-order valence-electron chi connectivity index (χ0n) is 16.2. The number of amides is 1. The number of nitriles is 1. The van der Waals surface area contributed by atoms with Crippen LogP contribution in [0.5, 0.6) is 5.75 Å². The number of carbonyl (C=O) groups is 1. The van der Waals surface area contributed by atoms with E-state index in [0.717, 1.165) is 15.6 Å². The first-order valence-corrected chi connectivity index (χ1v) is 10.3. The predicted molar refractivity (Wildman–Crippen MR) is 123 cm³/mol. The first-order chi connectivity index (χ1) is 14.4. The molecule has 0 saturated heterocycles. The van der Waals surface area contributed by atoms with Gasteiger partial charge < -0.3 is 10.1 Å². The van der Waals surface area contributed by atoms with Gasteiger partial charge >= 0.3 is 0 Å². The number of anilines is 1. The highest BCUT2D eigenvalue weighted by molar-refractivity contribution is 9.10. The van der Waals surface area contributed by atoms with Gasteiger partial charge in [0.1, 0.15) is 24.0 Å². The van der Waals surface area contributed by atoms with Crippen LogP contribution in [0.25, 0.3) is 6.08 Å². The fraction of sp³-hybridized carbons (Fsp3) is 0.0833. The maximum atomic E-state index is 12.4. The summed E-state index contributed by atoms with van der Waals surface area (Å²) >= 11 is 9.38. The molecule has 0 fully saturated rings. The summed E-state index contributed by atoms with van der Waals surface area (Å²) in [5.74, 6) is 0.201. The lowest BCUT2D eigenvalue weighted by atomic mass is 10.1. The summed E-state index contributed by atoms with van der Waals surface area (Å²) in [5.41, 5.74) is 3.38. The molecule has 4 nitrogen and oxygen atoms in total. The van der Waals surface area contributed by atoms with E-state index in [4.69, 9.17) is 16.3 Å². The summed E-state index contributed by atoms with van der Waals surface area (Å²) in [6, 6.07) is 22.2. The van der Waals surface area contributed by atoms with Crippen LogP contribution in [0.3, 0.4) is 0 Å². The SMILES string of the molecule is Cc1cccc(NC(=O)/C(C#N)=C\c2ccc(OCc3ccc(Cl)cc3)c(Br)c2)c1. The van der Waals surface area contributed by atoms with Crippen molar-refractivity contribution in [2.75, 3.05) is 5.32 Å². The molecular formula is C24H18BrClN2O2. The molecule has 0 unspecified atom stereocenters. The Labute approximate surface area is 188 Å². The van der Waals surface area contributed by atoms with Gasteiger partial charge in [0, 0.05) is 10.7 Å². The van der Waals surface area contributed by atoms with Gasteiger partial charge in [-0.05, 0) is 82.0 Å². The topological polar surface area (TPSA) is 62.1 Å². The minimum absolute atomic E-state index is 0.0123. The number of hydrogen-bond acceptors (Lipinski definition) is 3. The highest BCUT2D eigenvalue weighted by Gasteiger charge is 2.11. The van der Waals surface area contributed by atoms with Crippen molar-refractivity contribution in [3.8, 4) is 11.8 Å². The van der Waals surface area contributed by atoms with Gasteiger partial charge in [-0.1, -0.05) is 41.9 Å². The fourth-order valence-electron chi connectivity index (χ4n) is 2.70. The number of aryl methyl sites for hydroxylation is 1. The lowest BCUT2D eigenvalue weighted by Gasteiger charge is -2.09. The van der Waals surface area contributed by atoms with Gasteiger partial charge in [-0.15, -0.1) is 0 Å². The average Bonchev–Trinajstić information content (AvgIpc) is 2.72. The molecule has 150 valence electrons. The number of hydrogen-bond donors (Lipinski definition) is 1. The minimum Gasteiger partial charge on any atom is -0.488 e. The Morgan fingerprint density at radius 1 is 1.17 bits per heavy atom. The van der Waals surface area contributed by atoms with Crippen LogP contribution in [0.4, 0.5) is 5.69 Å². The van der Waals surface area contributed by atoms with E-state index in [9.17, 15) is 10.1 Å². The second-order valence-corrected chi connectivity index (χ2v) is 7.89. The van der Waals surface area contributed by atoms with Crippen LogP contribution in [-0.2, 0) is 11.4 Å².